The van der Waals surface area contributed by atoms with Crippen LogP contribution in [0.25, 0.3) is 5.57 Å². The third-order valence-corrected chi connectivity index (χ3v) is 3.31. The van der Waals surface area contributed by atoms with Gasteiger partial charge in [0.2, 0.25) is 0 Å². The molecule has 1 fully saturated rings. The maximum absolute atomic E-state index is 5.75. The molecule has 0 radical (unpaired) electrons. The molecule has 1 aliphatic heterocycles. The first-order valence-corrected chi connectivity index (χ1v) is 5.27. The van der Waals surface area contributed by atoms with Gasteiger partial charge in [-0.05, 0) is 23.6 Å². The second-order valence-corrected chi connectivity index (χ2v) is 4.33. The van der Waals surface area contributed by atoms with Gasteiger partial charge in [-0.1, -0.05) is 23.7 Å². The summed E-state index contributed by atoms with van der Waals surface area (Å²) in [6.07, 6.45) is 5.36. The Morgan fingerprint density at radius 2 is 2.36 bits per heavy atom. The van der Waals surface area contributed by atoms with Crippen LogP contribution in [0.1, 0.15) is 12.0 Å². The molecule has 72 valence electrons. The van der Waals surface area contributed by atoms with Crippen LogP contribution in [0.4, 0.5) is 0 Å². The van der Waals surface area contributed by atoms with Crippen molar-refractivity contribution in [3.05, 3.63) is 35.1 Å². The number of hydrogen-bond acceptors (Lipinski definition) is 2. The fraction of sp³-hybridized carbons (Fsp3) is 0.364. The molecule has 0 aromatic carbocycles. The van der Waals surface area contributed by atoms with E-state index in [0.29, 0.717) is 11.2 Å². The van der Waals surface area contributed by atoms with E-state index >= 15 is 0 Å². The average molecular weight is 207 g/mol. The molecule has 0 unspecified atom stereocenters. The molecule has 2 nitrogen and oxygen atoms in total. The van der Waals surface area contributed by atoms with Gasteiger partial charge in [-0.15, -0.1) is 0 Å². The van der Waals surface area contributed by atoms with Gasteiger partial charge in [0.05, 0.1) is 0 Å². The summed E-state index contributed by atoms with van der Waals surface area (Å²) in [5, 5.41) is 3.98. The largest absolute Gasteiger partial charge is 0.312 e. The van der Waals surface area contributed by atoms with Crippen LogP contribution >= 0.6 is 11.6 Å². The van der Waals surface area contributed by atoms with Gasteiger partial charge < -0.3 is 5.32 Å². The summed E-state index contributed by atoms with van der Waals surface area (Å²) in [6, 6.07) is 4.58. The van der Waals surface area contributed by atoms with Crippen molar-refractivity contribution in [2.45, 2.75) is 12.5 Å². The maximum atomic E-state index is 5.75. The predicted octanol–water partition coefficient (Wildman–Crippen LogP) is 2.11. The molecule has 0 saturated carbocycles. The van der Waals surface area contributed by atoms with E-state index < -0.39 is 0 Å². The van der Waals surface area contributed by atoms with E-state index in [1.807, 2.05) is 18.3 Å². The Labute approximate surface area is 88.0 Å². The molecule has 1 saturated heterocycles. The Morgan fingerprint density at radius 1 is 1.43 bits per heavy atom. The Bertz CT molecular complexity index is 383. The van der Waals surface area contributed by atoms with Crippen molar-refractivity contribution in [2.24, 2.45) is 5.92 Å². The number of nitrogens with zero attached hydrogens (tertiary/aromatic N) is 1. The minimum Gasteiger partial charge on any atom is -0.312 e. The van der Waals surface area contributed by atoms with Gasteiger partial charge in [-0.25, -0.2) is 4.98 Å². The zero-order valence-electron chi connectivity index (χ0n) is 7.70. The van der Waals surface area contributed by atoms with E-state index in [4.69, 9.17) is 11.6 Å². The molecule has 2 aliphatic rings. The van der Waals surface area contributed by atoms with Crippen molar-refractivity contribution >= 4 is 17.2 Å². The van der Waals surface area contributed by atoms with Crippen molar-refractivity contribution in [1.82, 2.24) is 10.3 Å². The zero-order chi connectivity index (χ0) is 9.54. The topological polar surface area (TPSA) is 24.9 Å². The summed E-state index contributed by atoms with van der Waals surface area (Å²) in [5.41, 5.74) is 2.62. The van der Waals surface area contributed by atoms with Gasteiger partial charge in [-0.2, -0.15) is 0 Å². The lowest BCUT2D eigenvalue weighted by molar-refractivity contribution is 0.306. The number of pyridine rings is 1. The molecule has 14 heavy (non-hydrogen) atoms. The van der Waals surface area contributed by atoms with E-state index in [1.165, 1.54) is 11.1 Å². The lowest BCUT2D eigenvalue weighted by atomic mass is 9.95. The van der Waals surface area contributed by atoms with Crippen LogP contribution in [-0.2, 0) is 0 Å². The number of halogens is 1. The van der Waals surface area contributed by atoms with E-state index in [9.17, 15) is 0 Å². The summed E-state index contributed by atoms with van der Waals surface area (Å²) >= 11 is 5.75. The first-order chi connectivity index (χ1) is 6.83. The third-order valence-electron chi connectivity index (χ3n) is 3.09. The monoisotopic (exact) mass is 206 g/mol. The van der Waals surface area contributed by atoms with Gasteiger partial charge >= 0.3 is 0 Å². The van der Waals surface area contributed by atoms with Gasteiger partial charge in [0, 0.05) is 24.7 Å². The van der Waals surface area contributed by atoms with Crippen LogP contribution < -0.4 is 5.32 Å². The second-order valence-electron chi connectivity index (χ2n) is 3.94. The molecule has 0 amide bonds. The Hall–Kier alpha value is -0.860. The highest BCUT2D eigenvalue weighted by molar-refractivity contribution is 6.29. The molecule has 0 spiro atoms. The second kappa shape index (κ2) is 3.07. The fourth-order valence-corrected chi connectivity index (χ4v) is 2.27. The molecule has 1 aromatic heterocycles. The lowest BCUT2D eigenvalue weighted by Crippen LogP contribution is -2.49. The van der Waals surface area contributed by atoms with E-state index in [1.54, 1.807) is 0 Å². The van der Waals surface area contributed by atoms with Crippen LogP contribution in [0.3, 0.4) is 0 Å². The summed E-state index contributed by atoms with van der Waals surface area (Å²) in [4.78, 5) is 4.10. The summed E-state index contributed by atoms with van der Waals surface area (Å²) in [7, 11) is 0. The molecule has 2 atom stereocenters. The van der Waals surface area contributed by atoms with E-state index in [0.717, 1.165) is 18.9 Å². The van der Waals surface area contributed by atoms with Crippen LogP contribution in [0, 0.1) is 5.92 Å². The summed E-state index contributed by atoms with van der Waals surface area (Å²) in [6.45, 7) is 1.13. The molecule has 1 aliphatic carbocycles. The molecular formula is C11H11ClN2. The highest BCUT2D eigenvalue weighted by Gasteiger charge is 2.34. The Morgan fingerprint density at radius 3 is 2.86 bits per heavy atom. The number of aromatic nitrogens is 1. The van der Waals surface area contributed by atoms with Crippen LogP contribution in [-0.4, -0.2) is 17.6 Å². The molecule has 3 heteroatoms. The molecule has 0 bridgehead atoms. The Balaban J connectivity index is 1.89. The SMILES string of the molecule is Clc1ccc(C2=C[C@@H]3CN[C@@H]3C2)cn1. The van der Waals surface area contributed by atoms with Gasteiger partial charge in [0.1, 0.15) is 5.15 Å². The van der Waals surface area contributed by atoms with Crippen molar-refractivity contribution in [2.75, 3.05) is 6.54 Å². The molecular weight excluding hydrogens is 196 g/mol. The zero-order valence-corrected chi connectivity index (χ0v) is 8.46. The van der Waals surface area contributed by atoms with Crippen molar-refractivity contribution in [3.63, 3.8) is 0 Å². The standard InChI is InChI=1S/C11H11ClN2/c12-11-2-1-7(5-14-11)8-3-9-6-13-10(9)4-8/h1-3,5,9-10,13H,4,6H2/t9-,10-/m1/s1. The first-order valence-electron chi connectivity index (χ1n) is 4.89. The smallest absolute Gasteiger partial charge is 0.129 e. The minimum absolute atomic E-state index is 0.563. The summed E-state index contributed by atoms with van der Waals surface area (Å²) < 4.78 is 0. The highest BCUT2D eigenvalue weighted by Crippen LogP contribution is 2.35. The van der Waals surface area contributed by atoms with Crippen LogP contribution in [0.5, 0.6) is 0 Å². The van der Waals surface area contributed by atoms with Crippen LogP contribution in [0.2, 0.25) is 5.15 Å². The number of fused-ring (bicyclic) bond motifs is 1. The maximum Gasteiger partial charge on any atom is 0.129 e. The molecule has 1 N–H and O–H groups in total. The normalized spacial score (nSPS) is 29.4. The molecule has 1 aromatic rings. The van der Waals surface area contributed by atoms with E-state index in [2.05, 4.69) is 16.4 Å². The minimum atomic E-state index is 0.563. The van der Waals surface area contributed by atoms with Gasteiger partial charge in [-0.3, -0.25) is 0 Å². The predicted molar refractivity (Wildman–Crippen MR) is 57.1 cm³/mol. The van der Waals surface area contributed by atoms with Crippen molar-refractivity contribution < 1.29 is 0 Å². The van der Waals surface area contributed by atoms with Crippen LogP contribution in [0.15, 0.2) is 24.4 Å². The number of hydrogen-bond donors (Lipinski definition) is 1. The Kier molecular flexibility index (Phi) is 1.85. The van der Waals surface area contributed by atoms with Gasteiger partial charge in [0.15, 0.2) is 0 Å². The van der Waals surface area contributed by atoms with E-state index in [-0.39, 0.29) is 0 Å². The number of nitrogens with one attached hydrogen (secondary N) is 1. The van der Waals surface area contributed by atoms with Crippen molar-refractivity contribution in [3.8, 4) is 0 Å². The third kappa shape index (κ3) is 1.26. The average Bonchev–Trinajstić information content (AvgIpc) is 2.45. The van der Waals surface area contributed by atoms with Gasteiger partial charge in [0.25, 0.3) is 0 Å². The number of rotatable bonds is 1. The molecule has 3 rings (SSSR count). The highest BCUT2D eigenvalue weighted by atomic mass is 35.5. The van der Waals surface area contributed by atoms with Crippen molar-refractivity contribution in [1.29, 1.82) is 0 Å². The summed E-state index contributed by atoms with van der Waals surface area (Å²) in [5.74, 6) is 0.751. The molecule has 2 heterocycles. The quantitative estimate of drug-likeness (QED) is 0.712. The lowest BCUT2D eigenvalue weighted by Gasteiger charge is -2.31. The first kappa shape index (κ1) is 8.45. The fourth-order valence-electron chi connectivity index (χ4n) is 2.16.